The number of carbonyl (C=O) groups is 1. The van der Waals surface area contributed by atoms with Gasteiger partial charge in [-0.2, -0.15) is 0 Å². The molecule has 106 valence electrons. The maximum atomic E-state index is 11.6. The highest BCUT2D eigenvalue weighted by molar-refractivity contribution is 5.76. The molecule has 0 heterocycles. The van der Waals surface area contributed by atoms with E-state index in [1.54, 1.807) is 0 Å². The summed E-state index contributed by atoms with van der Waals surface area (Å²) in [7, 11) is 0. The third-order valence-corrected chi connectivity index (χ3v) is 3.68. The Kier molecular flexibility index (Phi) is 7.33. The first-order chi connectivity index (χ1) is 8.59. The van der Waals surface area contributed by atoms with Gasteiger partial charge < -0.3 is 11.1 Å². The second kappa shape index (κ2) is 8.52. The van der Waals surface area contributed by atoms with E-state index in [9.17, 15) is 4.79 Å². The fourth-order valence-electron chi connectivity index (χ4n) is 2.24. The fraction of sp³-hybridized carbons (Fsp3) is 0.933. The number of hydrogen-bond acceptors (Lipinski definition) is 2. The van der Waals surface area contributed by atoms with Crippen LogP contribution in [0.5, 0.6) is 0 Å². The minimum absolute atomic E-state index is 0.0936. The minimum Gasteiger partial charge on any atom is -0.356 e. The van der Waals surface area contributed by atoms with Crippen LogP contribution >= 0.6 is 0 Å². The minimum atomic E-state index is 0.0936. The van der Waals surface area contributed by atoms with Gasteiger partial charge in [0, 0.05) is 19.0 Å². The molecule has 18 heavy (non-hydrogen) atoms. The largest absolute Gasteiger partial charge is 0.356 e. The van der Waals surface area contributed by atoms with E-state index in [-0.39, 0.29) is 11.9 Å². The highest BCUT2D eigenvalue weighted by atomic mass is 16.1. The molecule has 0 radical (unpaired) electrons. The van der Waals surface area contributed by atoms with Gasteiger partial charge in [0.1, 0.15) is 0 Å². The predicted molar refractivity (Wildman–Crippen MR) is 76.2 cm³/mol. The van der Waals surface area contributed by atoms with E-state index in [1.807, 2.05) is 0 Å². The van der Waals surface area contributed by atoms with Gasteiger partial charge in [0.25, 0.3) is 0 Å². The first kappa shape index (κ1) is 15.5. The summed E-state index contributed by atoms with van der Waals surface area (Å²) in [6, 6.07) is 0.0936. The molecule has 1 fully saturated rings. The van der Waals surface area contributed by atoms with Crippen LogP contribution in [-0.2, 0) is 4.79 Å². The molecule has 1 unspecified atom stereocenters. The lowest BCUT2D eigenvalue weighted by atomic mass is 10.0. The number of nitrogens with one attached hydrogen (secondary N) is 1. The molecule has 0 aromatic heterocycles. The number of amides is 1. The van der Waals surface area contributed by atoms with Crippen LogP contribution in [0, 0.1) is 11.8 Å². The molecule has 0 aliphatic heterocycles. The molecular formula is C15H30N2O. The third-order valence-electron chi connectivity index (χ3n) is 3.68. The first-order valence-corrected chi connectivity index (χ1v) is 7.62. The second-order valence-corrected chi connectivity index (χ2v) is 6.15. The van der Waals surface area contributed by atoms with Crippen molar-refractivity contribution in [1.29, 1.82) is 0 Å². The Labute approximate surface area is 112 Å². The zero-order valence-corrected chi connectivity index (χ0v) is 12.1. The zero-order chi connectivity index (χ0) is 13.4. The van der Waals surface area contributed by atoms with Crippen LogP contribution in [0.25, 0.3) is 0 Å². The summed E-state index contributed by atoms with van der Waals surface area (Å²) in [5.41, 5.74) is 5.92. The van der Waals surface area contributed by atoms with Gasteiger partial charge in [-0.15, -0.1) is 0 Å². The monoisotopic (exact) mass is 254 g/mol. The number of carbonyl (C=O) groups excluding carboxylic acids is 1. The number of rotatable bonds is 10. The molecule has 0 spiro atoms. The Morgan fingerprint density at radius 3 is 2.50 bits per heavy atom. The van der Waals surface area contributed by atoms with Gasteiger partial charge in [-0.25, -0.2) is 0 Å². The smallest absolute Gasteiger partial charge is 0.221 e. The number of hydrogen-bond donors (Lipinski definition) is 2. The standard InChI is InChI=1S/C15H30N2O/c1-12(2)7-5-3-4-6-10-17-15(18)11-14(16)13-8-9-13/h12-14H,3-11,16H2,1-2H3,(H,17,18). The van der Waals surface area contributed by atoms with E-state index in [2.05, 4.69) is 19.2 Å². The lowest BCUT2D eigenvalue weighted by molar-refractivity contribution is -0.121. The van der Waals surface area contributed by atoms with E-state index in [0.717, 1.165) is 18.9 Å². The maximum absolute atomic E-state index is 11.6. The van der Waals surface area contributed by atoms with Crippen LogP contribution in [-0.4, -0.2) is 18.5 Å². The Morgan fingerprint density at radius 1 is 1.22 bits per heavy atom. The average molecular weight is 254 g/mol. The summed E-state index contributed by atoms with van der Waals surface area (Å²) in [5.74, 6) is 1.57. The van der Waals surface area contributed by atoms with Crippen LogP contribution in [0.15, 0.2) is 0 Å². The molecule has 1 saturated carbocycles. The summed E-state index contributed by atoms with van der Waals surface area (Å²) in [5, 5.41) is 2.98. The lowest BCUT2D eigenvalue weighted by Crippen LogP contribution is -2.33. The molecule has 0 bridgehead atoms. The normalized spacial score (nSPS) is 16.9. The van der Waals surface area contributed by atoms with Crippen molar-refractivity contribution in [3.8, 4) is 0 Å². The number of unbranched alkanes of at least 4 members (excludes halogenated alkanes) is 3. The van der Waals surface area contributed by atoms with Crippen LogP contribution in [0.4, 0.5) is 0 Å². The Balaban J connectivity index is 1.86. The first-order valence-electron chi connectivity index (χ1n) is 7.62. The molecule has 1 amide bonds. The van der Waals surface area contributed by atoms with Crippen LogP contribution in [0.1, 0.15) is 65.2 Å². The zero-order valence-electron chi connectivity index (χ0n) is 12.1. The molecule has 0 aromatic carbocycles. The van der Waals surface area contributed by atoms with E-state index in [1.165, 1.54) is 38.5 Å². The van der Waals surface area contributed by atoms with E-state index in [0.29, 0.717) is 12.3 Å². The van der Waals surface area contributed by atoms with Crippen molar-refractivity contribution in [2.24, 2.45) is 17.6 Å². The third kappa shape index (κ3) is 7.70. The molecule has 3 N–H and O–H groups in total. The highest BCUT2D eigenvalue weighted by Gasteiger charge is 2.29. The van der Waals surface area contributed by atoms with Crippen molar-refractivity contribution < 1.29 is 4.79 Å². The summed E-state index contributed by atoms with van der Waals surface area (Å²) in [6.07, 6.45) is 9.19. The average Bonchev–Trinajstić information content (AvgIpc) is 3.10. The van der Waals surface area contributed by atoms with Crippen molar-refractivity contribution in [3.63, 3.8) is 0 Å². The van der Waals surface area contributed by atoms with Crippen molar-refractivity contribution in [2.45, 2.75) is 71.3 Å². The molecule has 1 aliphatic carbocycles. The van der Waals surface area contributed by atoms with E-state index >= 15 is 0 Å². The van der Waals surface area contributed by atoms with Crippen molar-refractivity contribution in [3.05, 3.63) is 0 Å². The van der Waals surface area contributed by atoms with Gasteiger partial charge in [0.2, 0.25) is 5.91 Å². The summed E-state index contributed by atoms with van der Waals surface area (Å²) < 4.78 is 0. The van der Waals surface area contributed by atoms with Crippen LogP contribution in [0.3, 0.4) is 0 Å². The molecular weight excluding hydrogens is 224 g/mol. The van der Waals surface area contributed by atoms with E-state index in [4.69, 9.17) is 5.73 Å². The molecule has 3 nitrogen and oxygen atoms in total. The fourth-order valence-corrected chi connectivity index (χ4v) is 2.24. The second-order valence-electron chi connectivity index (χ2n) is 6.15. The molecule has 1 rings (SSSR count). The van der Waals surface area contributed by atoms with Gasteiger partial charge in [0.15, 0.2) is 0 Å². The lowest BCUT2D eigenvalue weighted by Gasteiger charge is -2.10. The Hall–Kier alpha value is -0.570. The van der Waals surface area contributed by atoms with Crippen molar-refractivity contribution in [1.82, 2.24) is 5.32 Å². The van der Waals surface area contributed by atoms with Gasteiger partial charge in [-0.1, -0.05) is 39.5 Å². The summed E-state index contributed by atoms with van der Waals surface area (Å²) >= 11 is 0. The van der Waals surface area contributed by atoms with Gasteiger partial charge in [-0.3, -0.25) is 4.79 Å². The highest BCUT2D eigenvalue weighted by Crippen LogP contribution is 2.32. The maximum Gasteiger partial charge on any atom is 0.221 e. The van der Waals surface area contributed by atoms with Crippen molar-refractivity contribution >= 4 is 5.91 Å². The number of nitrogens with two attached hydrogens (primary N) is 1. The summed E-state index contributed by atoms with van der Waals surface area (Å²) in [6.45, 7) is 5.35. The molecule has 3 heteroatoms. The summed E-state index contributed by atoms with van der Waals surface area (Å²) in [4.78, 5) is 11.6. The van der Waals surface area contributed by atoms with Crippen molar-refractivity contribution in [2.75, 3.05) is 6.54 Å². The van der Waals surface area contributed by atoms with Gasteiger partial charge in [-0.05, 0) is 31.1 Å². The molecule has 1 aliphatic rings. The Bertz CT molecular complexity index is 237. The predicted octanol–water partition coefficient (Wildman–Crippen LogP) is 2.84. The van der Waals surface area contributed by atoms with Gasteiger partial charge in [0.05, 0.1) is 0 Å². The van der Waals surface area contributed by atoms with Gasteiger partial charge >= 0.3 is 0 Å². The topological polar surface area (TPSA) is 55.1 Å². The SMILES string of the molecule is CC(C)CCCCCCNC(=O)CC(N)C1CC1. The molecule has 1 atom stereocenters. The quantitative estimate of drug-likeness (QED) is 0.589. The molecule has 0 saturated heterocycles. The Morgan fingerprint density at radius 2 is 1.89 bits per heavy atom. The van der Waals surface area contributed by atoms with Crippen LogP contribution in [0.2, 0.25) is 0 Å². The van der Waals surface area contributed by atoms with E-state index < -0.39 is 0 Å². The molecule has 0 aromatic rings. The van der Waals surface area contributed by atoms with Crippen LogP contribution < -0.4 is 11.1 Å².